The summed E-state index contributed by atoms with van der Waals surface area (Å²) in [6.07, 6.45) is 0. The van der Waals surface area contributed by atoms with Gasteiger partial charge in [0.05, 0.1) is 11.5 Å². The number of halogens is 1. The first kappa shape index (κ1) is 21.0. The topological polar surface area (TPSA) is 67.9 Å². The molecule has 2 amide bonds. The maximum atomic E-state index is 14.2. The van der Waals surface area contributed by atoms with Crippen LogP contribution in [0.25, 0.3) is 0 Å². The van der Waals surface area contributed by atoms with Crippen molar-refractivity contribution in [3.8, 4) is 11.5 Å². The highest BCUT2D eigenvalue weighted by molar-refractivity contribution is 5.95. The first-order chi connectivity index (χ1) is 16.1. The van der Waals surface area contributed by atoms with Crippen LogP contribution in [0.2, 0.25) is 0 Å². The van der Waals surface area contributed by atoms with E-state index in [1.165, 1.54) is 12.1 Å². The van der Waals surface area contributed by atoms with Gasteiger partial charge >= 0.3 is 0 Å². The van der Waals surface area contributed by atoms with Crippen molar-refractivity contribution < 1.29 is 23.5 Å². The molecule has 2 aliphatic rings. The number of carbonyl (C=O) groups is 2. The second-order valence-electron chi connectivity index (χ2n) is 8.22. The number of ether oxygens (including phenoxy) is 2. The molecule has 3 aromatic rings. The maximum absolute atomic E-state index is 14.2. The molecule has 0 bridgehead atoms. The van der Waals surface area contributed by atoms with Crippen LogP contribution in [0.4, 0.5) is 4.39 Å². The molecule has 33 heavy (non-hydrogen) atoms. The quantitative estimate of drug-likeness (QED) is 0.649. The van der Waals surface area contributed by atoms with Gasteiger partial charge in [0.2, 0.25) is 12.7 Å². The summed E-state index contributed by atoms with van der Waals surface area (Å²) in [5.74, 6) is -0.394. The van der Waals surface area contributed by atoms with E-state index in [4.69, 9.17) is 9.47 Å². The van der Waals surface area contributed by atoms with Crippen molar-refractivity contribution >= 4 is 11.8 Å². The predicted octanol–water partition coefficient (Wildman–Crippen LogP) is 3.73. The van der Waals surface area contributed by atoms with Gasteiger partial charge in [0.1, 0.15) is 5.82 Å². The second kappa shape index (κ2) is 8.94. The monoisotopic (exact) mass is 446 g/mol. The summed E-state index contributed by atoms with van der Waals surface area (Å²) in [6, 6.07) is 21.1. The third kappa shape index (κ3) is 4.26. The third-order valence-corrected chi connectivity index (χ3v) is 6.18. The van der Waals surface area contributed by atoms with E-state index in [9.17, 15) is 14.0 Å². The molecule has 7 heteroatoms. The van der Waals surface area contributed by atoms with Crippen LogP contribution >= 0.6 is 0 Å². The Morgan fingerprint density at radius 2 is 1.70 bits per heavy atom. The van der Waals surface area contributed by atoms with Crippen LogP contribution in [0, 0.1) is 11.7 Å². The molecule has 0 saturated carbocycles. The lowest BCUT2D eigenvalue weighted by Crippen LogP contribution is -2.35. The van der Waals surface area contributed by atoms with Gasteiger partial charge in [0, 0.05) is 25.6 Å². The average molecular weight is 446 g/mol. The summed E-state index contributed by atoms with van der Waals surface area (Å²) >= 11 is 0. The molecule has 2 atom stereocenters. The smallest absolute Gasteiger partial charge is 0.256 e. The fourth-order valence-corrected chi connectivity index (χ4v) is 4.45. The molecule has 0 spiro atoms. The van der Waals surface area contributed by atoms with E-state index in [-0.39, 0.29) is 30.7 Å². The molecule has 1 fully saturated rings. The summed E-state index contributed by atoms with van der Waals surface area (Å²) in [6.45, 7) is 1.09. The lowest BCUT2D eigenvalue weighted by atomic mass is 9.88. The molecule has 1 N–H and O–H groups in total. The Morgan fingerprint density at radius 1 is 0.939 bits per heavy atom. The Morgan fingerprint density at radius 3 is 2.52 bits per heavy atom. The third-order valence-electron chi connectivity index (χ3n) is 6.18. The number of nitrogens with zero attached hydrogens (tertiary/aromatic N) is 1. The van der Waals surface area contributed by atoms with Gasteiger partial charge in [-0.2, -0.15) is 0 Å². The molecule has 2 heterocycles. The van der Waals surface area contributed by atoms with Crippen molar-refractivity contribution in [3.05, 3.63) is 95.3 Å². The van der Waals surface area contributed by atoms with Gasteiger partial charge in [0.15, 0.2) is 11.5 Å². The summed E-state index contributed by atoms with van der Waals surface area (Å²) < 4.78 is 25.0. The molecule has 1 saturated heterocycles. The van der Waals surface area contributed by atoms with Crippen LogP contribution in [0.5, 0.6) is 11.5 Å². The lowest BCUT2D eigenvalue weighted by Gasteiger charge is -2.18. The highest BCUT2D eigenvalue weighted by Crippen LogP contribution is 2.35. The SMILES string of the molecule is O=C(NCc1ccc2c(c1)OCO2)[C@@H]1CN(C(=O)c2ccccc2F)C[C@@H]1c1ccccc1. The molecule has 6 nitrogen and oxygen atoms in total. The lowest BCUT2D eigenvalue weighted by molar-refractivity contribution is -0.125. The van der Waals surface area contributed by atoms with Crippen LogP contribution in [0.15, 0.2) is 72.8 Å². The van der Waals surface area contributed by atoms with Crippen LogP contribution in [0.3, 0.4) is 0 Å². The van der Waals surface area contributed by atoms with Crippen LogP contribution in [0.1, 0.15) is 27.4 Å². The molecular formula is C26H23FN2O4. The summed E-state index contributed by atoms with van der Waals surface area (Å²) in [5, 5.41) is 3.00. The van der Waals surface area contributed by atoms with Gasteiger partial charge < -0.3 is 19.7 Å². The fraction of sp³-hybridized carbons (Fsp3) is 0.231. The molecule has 0 unspecified atom stereocenters. The molecular weight excluding hydrogens is 423 g/mol. The molecule has 2 aliphatic heterocycles. The second-order valence-corrected chi connectivity index (χ2v) is 8.22. The van der Waals surface area contributed by atoms with Gasteiger partial charge in [0.25, 0.3) is 5.91 Å². The minimum absolute atomic E-state index is 0.0192. The first-order valence-electron chi connectivity index (χ1n) is 10.8. The van der Waals surface area contributed by atoms with E-state index in [1.54, 1.807) is 17.0 Å². The Kier molecular flexibility index (Phi) is 5.69. The van der Waals surface area contributed by atoms with Crippen LogP contribution in [-0.2, 0) is 11.3 Å². The average Bonchev–Trinajstić information content (AvgIpc) is 3.50. The van der Waals surface area contributed by atoms with E-state index < -0.39 is 17.6 Å². The molecule has 0 radical (unpaired) electrons. The zero-order valence-corrected chi connectivity index (χ0v) is 17.9. The van der Waals surface area contributed by atoms with Crippen molar-refractivity contribution in [3.63, 3.8) is 0 Å². The zero-order valence-electron chi connectivity index (χ0n) is 17.9. The van der Waals surface area contributed by atoms with Gasteiger partial charge in [-0.3, -0.25) is 9.59 Å². The molecule has 0 aliphatic carbocycles. The molecule has 0 aromatic heterocycles. The predicted molar refractivity (Wildman–Crippen MR) is 119 cm³/mol. The Labute approximate surface area is 190 Å². The number of likely N-dealkylation sites (tertiary alicyclic amines) is 1. The summed E-state index contributed by atoms with van der Waals surface area (Å²) in [4.78, 5) is 27.8. The van der Waals surface area contributed by atoms with Gasteiger partial charge in [-0.1, -0.05) is 48.5 Å². The van der Waals surface area contributed by atoms with E-state index >= 15 is 0 Å². The van der Waals surface area contributed by atoms with E-state index in [1.807, 2.05) is 48.5 Å². The highest BCUT2D eigenvalue weighted by atomic mass is 19.1. The Hall–Kier alpha value is -3.87. The number of benzene rings is 3. The highest BCUT2D eigenvalue weighted by Gasteiger charge is 2.40. The Balaban J connectivity index is 1.34. The number of nitrogens with one attached hydrogen (secondary N) is 1. The minimum Gasteiger partial charge on any atom is -0.454 e. The van der Waals surface area contributed by atoms with E-state index in [2.05, 4.69) is 5.32 Å². The van der Waals surface area contributed by atoms with Crippen molar-refractivity contribution in [1.29, 1.82) is 0 Å². The number of carbonyl (C=O) groups excluding carboxylic acids is 2. The summed E-state index contributed by atoms with van der Waals surface area (Å²) in [7, 11) is 0. The van der Waals surface area contributed by atoms with Crippen molar-refractivity contribution in [2.24, 2.45) is 5.92 Å². The number of rotatable bonds is 5. The van der Waals surface area contributed by atoms with E-state index in [0.29, 0.717) is 24.6 Å². The van der Waals surface area contributed by atoms with Gasteiger partial charge in [-0.15, -0.1) is 0 Å². The number of hydrogen-bond donors (Lipinski definition) is 1. The molecule has 168 valence electrons. The number of hydrogen-bond acceptors (Lipinski definition) is 4. The standard InChI is InChI=1S/C26H23FN2O4/c27-22-9-5-4-8-19(22)26(31)29-14-20(18-6-2-1-3-7-18)21(15-29)25(30)28-13-17-10-11-23-24(12-17)33-16-32-23/h1-12,20-21H,13-16H2,(H,28,30)/t20-,21-/m1/s1. The molecule has 5 rings (SSSR count). The van der Waals surface area contributed by atoms with E-state index in [0.717, 1.165) is 11.1 Å². The van der Waals surface area contributed by atoms with Gasteiger partial charge in [-0.05, 0) is 35.4 Å². The van der Waals surface area contributed by atoms with Crippen molar-refractivity contribution in [2.75, 3.05) is 19.9 Å². The largest absolute Gasteiger partial charge is 0.454 e. The van der Waals surface area contributed by atoms with Crippen molar-refractivity contribution in [1.82, 2.24) is 10.2 Å². The van der Waals surface area contributed by atoms with Crippen LogP contribution in [-0.4, -0.2) is 36.6 Å². The number of fused-ring (bicyclic) bond motifs is 1. The first-order valence-corrected chi connectivity index (χ1v) is 10.8. The minimum atomic E-state index is -0.561. The zero-order chi connectivity index (χ0) is 22.8. The fourth-order valence-electron chi connectivity index (χ4n) is 4.45. The normalized spacial score (nSPS) is 18.9. The van der Waals surface area contributed by atoms with Crippen molar-refractivity contribution in [2.45, 2.75) is 12.5 Å². The maximum Gasteiger partial charge on any atom is 0.256 e. The number of amides is 2. The Bertz CT molecular complexity index is 1180. The van der Waals surface area contributed by atoms with Gasteiger partial charge in [-0.25, -0.2) is 4.39 Å². The van der Waals surface area contributed by atoms with Crippen LogP contribution < -0.4 is 14.8 Å². The molecule has 3 aromatic carbocycles. The summed E-state index contributed by atoms with van der Waals surface area (Å²) in [5.41, 5.74) is 1.89.